The number of aryl methyl sites for hydroxylation is 1. The highest BCUT2D eigenvalue weighted by Crippen LogP contribution is 2.50. The van der Waals surface area contributed by atoms with Crippen molar-refractivity contribution in [3.05, 3.63) is 93.2 Å². The molecule has 5 aromatic heterocycles. The van der Waals surface area contributed by atoms with Crippen LogP contribution in [0.5, 0.6) is 11.5 Å². The number of aromatic nitrogens is 8. The largest absolute Gasteiger partial charge is 0.504 e. The van der Waals surface area contributed by atoms with E-state index < -0.39 is 11.1 Å². The molecule has 0 spiro atoms. The van der Waals surface area contributed by atoms with Gasteiger partial charge in [0, 0.05) is 36.4 Å². The first kappa shape index (κ1) is 28.6. The lowest BCUT2D eigenvalue weighted by Crippen LogP contribution is -2.36. The van der Waals surface area contributed by atoms with Crippen LogP contribution in [0.2, 0.25) is 0 Å². The number of nitrogens with two attached hydrogens (primary N) is 1. The van der Waals surface area contributed by atoms with Crippen molar-refractivity contribution in [1.29, 1.82) is 0 Å². The Bertz CT molecular complexity index is 2490. The molecule has 0 radical (unpaired) electrons. The Morgan fingerprint density at radius 2 is 1.94 bits per heavy atom. The second kappa shape index (κ2) is 9.97. The summed E-state index contributed by atoms with van der Waals surface area (Å²) in [4.78, 5) is 29.0. The van der Waals surface area contributed by atoms with E-state index >= 15 is 0 Å². The van der Waals surface area contributed by atoms with Crippen LogP contribution in [0.1, 0.15) is 43.6 Å². The number of aromatic hydroxyl groups is 1. The van der Waals surface area contributed by atoms with Crippen molar-refractivity contribution in [2.24, 2.45) is 7.05 Å². The van der Waals surface area contributed by atoms with E-state index in [1.165, 1.54) is 6.33 Å². The highest BCUT2D eigenvalue weighted by molar-refractivity contribution is 7.08. The molecule has 0 amide bonds. The Hall–Kier alpha value is -5.56. The first-order chi connectivity index (χ1) is 23.1. The Labute approximate surface area is 278 Å². The molecule has 7 aromatic rings. The summed E-state index contributed by atoms with van der Waals surface area (Å²) in [7, 11) is 1.86. The molecule has 48 heavy (non-hydrogen) atoms. The minimum atomic E-state index is -0.518. The molecule has 6 heterocycles. The van der Waals surface area contributed by atoms with Crippen molar-refractivity contribution in [2.45, 2.75) is 50.8 Å². The van der Waals surface area contributed by atoms with Crippen LogP contribution in [0.25, 0.3) is 44.3 Å². The number of anilines is 1. The third kappa shape index (κ3) is 4.20. The van der Waals surface area contributed by atoms with Gasteiger partial charge >= 0.3 is 0 Å². The molecule has 9 rings (SSSR count). The van der Waals surface area contributed by atoms with Crippen molar-refractivity contribution in [1.82, 2.24) is 39.1 Å². The van der Waals surface area contributed by atoms with Gasteiger partial charge < -0.3 is 15.6 Å². The molecule has 1 aliphatic heterocycles. The SMILES string of the molecule is Cn1cc(-c2cccc3nc(Cn4nc(-c5ccc(O)c6c5CC(C)(C)O6)c5c(N)ncnc54)n(C4(c5ccsc5)CC4)c(=O)c23)cn1. The van der Waals surface area contributed by atoms with Crippen LogP contribution in [0, 0.1) is 0 Å². The first-order valence-corrected chi connectivity index (χ1v) is 16.7. The second-order valence-corrected chi connectivity index (χ2v) is 14.0. The Morgan fingerprint density at radius 1 is 1.08 bits per heavy atom. The topological polar surface area (TPSA) is 152 Å². The zero-order valence-corrected chi connectivity index (χ0v) is 27.3. The van der Waals surface area contributed by atoms with Crippen molar-refractivity contribution in [3.63, 3.8) is 0 Å². The highest BCUT2D eigenvalue weighted by Gasteiger charge is 2.49. The van der Waals surface area contributed by atoms with E-state index in [0.717, 1.165) is 40.7 Å². The molecule has 3 N–H and O–H groups in total. The quantitative estimate of drug-likeness (QED) is 0.244. The summed E-state index contributed by atoms with van der Waals surface area (Å²) in [6.45, 7) is 4.12. The fraction of sp³-hybridized carbons (Fsp3) is 0.257. The number of thiophene rings is 1. The third-order valence-corrected chi connectivity index (χ3v) is 10.2. The van der Waals surface area contributed by atoms with Crippen molar-refractivity contribution >= 4 is 39.1 Å². The summed E-state index contributed by atoms with van der Waals surface area (Å²) in [5, 5.41) is 25.4. The molecule has 1 fully saturated rings. The molecule has 13 heteroatoms. The maximum Gasteiger partial charge on any atom is 0.262 e. The highest BCUT2D eigenvalue weighted by atomic mass is 32.1. The Morgan fingerprint density at radius 3 is 2.69 bits per heavy atom. The van der Waals surface area contributed by atoms with E-state index in [4.69, 9.17) is 20.6 Å². The van der Waals surface area contributed by atoms with Gasteiger partial charge in [-0.15, -0.1) is 0 Å². The van der Waals surface area contributed by atoms with E-state index in [2.05, 4.69) is 26.5 Å². The van der Waals surface area contributed by atoms with Gasteiger partial charge in [0.2, 0.25) is 0 Å². The molecule has 0 unspecified atom stereocenters. The number of phenols is 1. The summed E-state index contributed by atoms with van der Waals surface area (Å²) >= 11 is 1.61. The van der Waals surface area contributed by atoms with Gasteiger partial charge in [0.1, 0.15) is 35.8 Å². The van der Waals surface area contributed by atoms with Crippen LogP contribution in [-0.4, -0.2) is 49.8 Å². The lowest BCUT2D eigenvalue weighted by Gasteiger charge is -2.23. The van der Waals surface area contributed by atoms with Crippen molar-refractivity contribution in [3.8, 4) is 33.9 Å². The zero-order chi connectivity index (χ0) is 32.9. The number of nitrogen functional groups attached to an aromatic ring is 1. The van der Waals surface area contributed by atoms with Crippen LogP contribution in [-0.2, 0) is 25.6 Å². The fourth-order valence-corrected chi connectivity index (χ4v) is 7.99. The molecule has 0 saturated heterocycles. The van der Waals surface area contributed by atoms with Gasteiger partial charge in [-0.05, 0) is 72.8 Å². The number of nitrogens with zero attached hydrogens (tertiary/aromatic N) is 8. The first-order valence-electron chi connectivity index (χ1n) is 15.7. The lowest BCUT2D eigenvalue weighted by molar-refractivity contribution is 0.134. The molecular weight excluding hydrogens is 627 g/mol. The summed E-state index contributed by atoms with van der Waals surface area (Å²) in [6, 6.07) is 11.3. The minimum Gasteiger partial charge on any atom is -0.504 e. The molecule has 240 valence electrons. The number of benzene rings is 2. The zero-order valence-electron chi connectivity index (χ0n) is 26.5. The molecule has 2 aliphatic rings. The molecule has 12 nitrogen and oxygen atoms in total. The Kier molecular flexibility index (Phi) is 5.95. The molecular formula is C35H31N9O3S. The van der Waals surface area contributed by atoms with Gasteiger partial charge in [-0.1, -0.05) is 12.1 Å². The van der Waals surface area contributed by atoms with Crippen LogP contribution in [0.4, 0.5) is 5.82 Å². The van der Waals surface area contributed by atoms with Crippen LogP contribution in [0.3, 0.4) is 0 Å². The smallest absolute Gasteiger partial charge is 0.262 e. The number of phenolic OH excluding ortho intramolecular Hbond substituents is 1. The van der Waals surface area contributed by atoms with Crippen LogP contribution < -0.4 is 16.0 Å². The molecule has 2 aromatic carbocycles. The summed E-state index contributed by atoms with van der Waals surface area (Å²) in [6.07, 6.45) is 7.30. The van der Waals surface area contributed by atoms with Crippen molar-refractivity contribution in [2.75, 3.05) is 5.73 Å². The number of fused-ring (bicyclic) bond motifs is 3. The predicted molar refractivity (Wildman–Crippen MR) is 183 cm³/mol. The van der Waals surface area contributed by atoms with Gasteiger partial charge in [-0.2, -0.15) is 21.5 Å². The molecule has 1 aliphatic carbocycles. The van der Waals surface area contributed by atoms with Crippen LogP contribution >= 0.6 is 11.3 Å². The van der Waals surface area contributed by atoms with Crippen LogP contribution in [0.15, 0.2) is 70.7 Å². The number of hydrogen-bond donors (Lipinski definition) is 2. The predicted octanol–water partition coefficient (Wildman–Crippen LogP) is 5.25. The second-order valence-electron chi connectivity index (χ2n) is 13.3. The van der Waals surface area contributed by atoms with Gasteiger partial charge in [-0.3, -0.25) is 14.0 Å². The summed E-state index contributed by atoms with van der Waals surface area (Å²) in [5.74, 6) is 1.36. The van der Waals surface area contributed by atoms with E-state index in [-0.39, 0.29) is 23.7 Å². The summed E-state index contributed by atoms with van der Waals surface area (Å²) < 4.78 is 11.5. The monoisotopic (exact) mass is 657 g/mol. The van der Waals surface area contributed by atoms with Gasteiger partial charge in [-0.25, -0.2) is 19.6 Å². The standard InChI is InChI=1S/C35H31N9O3S/c1-34(2)13-23-22(7-8-25(45)30(23)47-34)29-28-31(36)37-18-38-32(28)43(41-29)16-26-40-24-6-4-5-21(19-14-39-42(3)15-19)27(24)33(46)44(26)35(10-11-35)20-9-12-48-17-20/h4-9,12,14-15,17-18,45H,10-11,13,16H2,1-3H3,(H2,36,37,38). The fourth-order valence-electron chi connectivity index (χ4n) is 7.24. The maximum atomic E-state index is 14.9. The van der Waals surface area contributed by atoms with E-state index in [9.17, 15) is 9.90 Å². The number of ether oxygens (including phenoxy) is 1. The van der Waals surface area contributed by atoms with Gasteiger partial charge in [0.05, 0.1) is 28.0 Å². The average Bonchev–Trinajstić information content (AvgIpc) is 3.46. The number of hydrogen-bond acceptors (Lipinski definition) is 10. The Balaban J connectivity index is 1.28. The normalized spacial score (nSPS) is 16.0. The maximum absolute atomic E-state index is 14.9. The molecule has 0 atom stereocenters. The average molecular weight is 658 g/mol. The third-order valence-electron chi connectivity index (χ3n) is 9.52. The molecule has 1 saturated carbocycles. The van der Waals surface area contributed by atoms with E-state index in [1.807, 2.05) is 61.3 Å². The summed E-state index contributed by atoms with van der Waals surface area (Å²) in [5.41, 5.74) is 11.4. The minimum absolute atomic E-state index is 0.0745. The lowest BCUT2D eigenvalue weighted by atomic mass is 9.95. The van der Waals surface area contributed by atoms with E-state index in [0.29, 0.717) is 45.6 Å². The molecule has 0 bridgehead atoms. The van der Waals surface area contributed by atoms with E-state index in [1.54, 1.807) is 33.0 Å². The van der Waals surface area contributed by atoms with Gasteiger partial charge in [0.15, 0.2) is 17.1 Å². The number of rotatable bonds is 6. The van der Waals surface area contributed by atoms with Crippen molar-refractivity contribution < 1.29 is 9.84 Å². The van der Waals surface area contributed by atoms with Gasteiger partial charge in [0.25, 0.3) is 5.56 Å².